The Bertz CT molecular complexity index is 575. The number of piperidine rings is 1. The first kappa shape index (κ1) is 15.9. The van der Waals surface area contributed by atoms with E-state index >= 15 is 0 Å². The minimum Gasteiger partial charge on any atom is -0.347 e. The van der Waals surface area contributed by atoms with Gasteiger partial charge in [-0.05, 0) is 24.5 Å². The van der Waals surface area contributed by atoms with E-state index < -0.39 is 0 Å². The Morgan fingerprint density at radius 3 is 2.87 bits per heavy atom. The van der Waals surface area contributed by atoms with Crippen LogP contribution in [0.5, 0.6) is 0 Å². The van der Waals surface area contributed by atoms with Crippen LogP contribution in [0.25, 0.3) is 0 Å². The third-order valence-electron chi connectivity index (χ3n) is 4.80. The van der Waals surface area contributed by atoms with E-state index in [2.05, 4.69) is 16.0 Å². The lowest BCUT2D eigenvalue weighted by atomic mass is 9.94. The SMILES string of the molecule is CN(C)C(=O)CN1C(=O)[C@H]2CC[C@@H]1CN(Cc1cccnc1)C2. The fourth-order valence-corrected chi connectivity index (χ4v) is 3.50. The van der Waals surface area contributed by atoms with Gasteiger partial charge < -0.3 is 9.80 Å². The van der Waals surface area contributed by atoms with Crippen LogP contribution in [0.1, 0.15) is 18.4 Å². The topological polar surface area (TPSA) is 56.8 Å². The van der Waals surface area contributed by atoms with Gasteiger partial charge in [0, 0.05) is 52.2 Å². The van der Waals surface area contributed by atoms with Gasteiger partial charge in [-0.15, -0.1) is 0 Å². The maximum absolute atomic E-state index is 12.7. The normalized spacial score (nSPS) is 24.6. The van der Waals surface area contributed by atoms with Gasteiger partial charge in [0.1, 0.15) is 6.54 Å². The van der Waals surface area contributed by atoms with E-state index in [1.54, 1.807) is 30.1 Å². The molecule has 3 fully saturated rings. The molecule has 2 bridgehead atoms. The van der Waals surface area contributed by atoms with Gasteiger partial charge >= 0.3 is 0 Å². The molecule has 2 amide bonds. The van der Waals surface area contributed by atoms with Crippen molar-refractivity contribution in [2.75, 3.05) is 33.7 Å². The summed E-state index contributed by atoms with van der Waals surface area (Å²) in [7, 11) is 3.47. The number of hydrogen-bond acceptors (Lipinski definition) is 4. The summed E-state index contributed by atoms with van der Waals surface area (Å²) >= 11 is 0. The van der Waals surface area contributed by atoms with E-state index in [0.717, 1.165) is 38.0 Å². The van der Waals surface area contributed by atoms with Gasteiger partial charge in [0.2, 0.25) is 11.8 Å². The number of aromatic nitrogens is 1. The number of nitrogens with zero attached hydrogens (tertiary/aromatic N) is 4. The Morgan fingerprint density at radius 2 is 2.17 bits per heavy atom. The summed E-state index contributed by atoms with van der Waals surface area (Å²) in [5, 5.41) is 0. The van der Waals surface area contributed by atoms with Crippen LogP contribution in [-0.2, 0) is 16.1 Å². The van der Waals surface area contributed by atoms with Crippen LogP contribution < -0.4 is 0 Å². The van der Waals surface area contributed by atoms with E-state index in [-0.39, 0.29) is 30.3 Å². The fraction of sp³-hybridized carbons (Fsp3) is 0.588. The molecule has 1 aromatic heterocycles. The molecule has 1 aromatic rings. The predicted molar refractivity (Wildman–Crippen MR) is 86.4 cm³/mol. The zero-order valence-corrected chi connectivity index (χ0v) is 13.8. The van der Waals surface area contributed by atoms with Crippen LogP contribution in [0.15, 0.2) is 24.5 Å². The summed E-state index contributed by atoms with van der Waals surface area (Å²) in [6, 6.07) is 4.14. The number of carbonyl (C=O) groups is 2. The highest BCUT2D eigenvalue weighted by Crippen LogP contribution is 2.29. The third-order valence-corrected chi connectivity index (χ3v) is 4.80. The largest absolute Gasteiger partial charge is 0.347 e. The van der Waals surface area contributed by atoms with E-state index in [1.807, 2.05) is 12.3 Å². The standard InChI is InChI=1S/C17H24N4O2/c1-19(2)16(22)12-21-15-6-5-14(17(21)23)10-20(11-15)9-13-4-3-7-18-8-13/h3-4,7-8,14-15H,5-6,9-12H2,1-2H3/t14-,15+/m0/s1. The molecule has 124 valence electrons. The molecule has 0 aliphatic carbocycles. The summed E-state index contributed by atoms with van der Waals surface area (Å²) in [5.74, 6) is 0.148. The summed E-state index contributed by atoms with van der Waals surface area (Å²) < 4.78 is 0. The Labute approximate surface area is 137 Å². The smallest absolute Gasteiger partial charge is 0.241 e. The van der Waals surface area contributed by atoms with Gasteiger partial charge in [0.25, 0.3) is 0 Å². The summed E-state index contributed by atoms with van der Waals surface area (Å²) in [6.45, 7) is 2.62. The van der Waals surface area contributed by atoms with Crippen LogP contribution in [0.2, 0.25) is 0 Å². The molecule has 3 aliphatic heterocycles. The van der Waals surface area contributed by atoms with Crippen molar-refractivity contribution in [3.05, 3.63) is 30.1 Å². The van der Waals surface area contributed by atoms with E-state index in [9.17, 15) is 9.59 Å². The maximum atomic E-state index is 12.7. The van der Waals surface area contributed by atoms with E-state index in [1.165, 1.54) is 0 Å². The van der Waals surface area contributed by atoms with Crippen molar-refractivity contribution >= 4 is 11.8 Å². The van der Waals surface area contributed by atoms with Gasteiger partial charge in [-0.2, -0.15) is 0 Å². The molecule has 0 unspecified atom stereocenters. The Kier molecular flexibility index (Phi) is 4.61. The highest BCUT2D eigenvalue weighted by Gasteiger charge is 2.41. The molecule has 0 saturated carbocycles. The molecule has 4 heterocycles. The zero-order valence-electron chi connectivity index (χ0n) is 13.8. The molecule has 23 heavy (non-hydrogen) atoms. The van der Waals surface area contributed by atoms with Gasteiger partial charge in [-0.1, -0.05) is 6.07 Å². The molecule has 0 N–H and O–H groups in total. The average Bonchev–Trinajstić information content (AvgIpc) is 2.80. The van der Waals surface area contributed by atoms with Crippen molar-refractivity contribution in [2.45, 2.75) is 25.4 Å². The van der Waals surface area contributed by atoms with Crippen molar-refractivity contribution < 1.29 is 9.59 Å². The summed E-state index contributed by atoms with van der Waals surface area (Å²) in [5.41, 5.74) is 1.16. The van der Waals surface area contributed by atoms with Crippen molar-refractivity contribution in [3.8, 4) is 0 Å². The molecule has 3 saturated heterocycles. The van der Waals surface area contributed by atoms with Gasteiger partial charge in [-0.25, -0.2) is 0 Å². The van der Waals surface area contributed by atoms with E-state index in [0.29, 0.717) is 0 Å². The molecule has 0 radical (unpaired) electrons. The van der Waals surface area contributed by atoms with Crippen LogP contribution >= 0.6 is 0 Å². The second-order valence-electron chi connectivity index (χ2n) is 6.74. The lowest BCUT2D eigenvalue weighted by Gasteiger charge is -2.36. The predicted octanol–water partition coefficient (Wildman–Crippen LogP) is 0.593. The minimum absolute atomic E-state index is 0.00953. The summed E-state index contributed by atoms with van der Waals surface area (Å²) in [4.78, 5) is 34.6. The average molecular weight is 316 g/mol. The van der Waals surface area contributed by atoms with Gasteiger partial charge in [-0.3, -0.25) is 19.5 Å². The van der Waals surface area contributed by atoms with Crippen molar-refractivity contribution in [1.82, 2.24) is 19.7 Å². The molecular formula is C17H24N4O2. The zero-order chi connectivity index (χ0) is 16.4. The Hall–Kier alpha value is -1.95. The molecule has 6 nitrogen and oxygen atoms in total. The first-order chi connectivity index (χ1) is 11.0. The van der Waals surface area contributed by atoms with Gasteiger partial charge in [0.05, 0.1) is 5.92 Å². The molecule has 0 spiro atoms. The Morgan fingerprint density at radius 1 is 1.35 bits per heavy atom. The van der Waals surface area contributed by atoms with Crippen molar-refractivity contribution in [2.24, 2.45) is 5.92 Å². The fourth-order valence-electron chi connectivity index (χ4n) is 3.50. The lowest BCUT2D eigenvalue weighted by Crippen LogP contribution is -2.51. The number of rotatable bonds is 4. The highest BCUT2D eigenvalue weighted by molar-refractivity contribution is 5.86. The van der Waals surface area contributed by atoms with Crippen LogP contribution in [-0.4, -0.2) is 71.3 Å². The molecule has 0 aromatic carbocycles. The molecule has 4 rings (SSSR count). The van der Waals surface area contributed by atoms with Crippen LogP contribution in [0, 0.1) is 5.92 Å². The Balaban J connectivity index is 1.71. The minimum atomic E-state index is -0.00953. The molecule has 3 aliphatic rings. The van der Waals surface area contributed by atoms with Crippen LogP contribution in [0.3, 0.4) is 0 Å². The number of carbonyl (C=O) groups excluding carboxylic acids is 2. The van der Waals surface area contributed by atoms with Crippen LogP contribution in [0.4, 0.5) is 0 Å². The maximum Gasteiger partial charge on any atom is 0.241 e. The van der Waals surface area contributed by atoms with Gasteiger partial charge in [0.15, 0.2) is 0 Å². The monoisotopic (exact) mass is 316 g/mol. The molecular weight excluding hydrogens is 292 g/mol. The second kappa shape index (κ2) is 6.66. The van der Waals surface area contributed by atoms with Crippen molar-refractivity contribution in [1.29, 1.82) is 0 Å². The highest BCUT2D eigenvalue weighted by atomic mass is 16.2. The second-order valence-corrected chi connectivity index (χ2v) is 6.74. The number of hydrogen-bond donors (Lipinski definition) is 0. The lowest BCUT2D eigenvalue weighted by molar-refractivity contribution is -0.145. The third kappa shape index (κ3) is 3.52. The number of fused-ring (bicyclic) bond motifs is 4. The number of pyridine rings is 1. The van der Waals surface area contributed by atoms with Crippen molar-refractivity contribution in [3.63, 3.8) is 0 Å². The first-order valence-electron chi connectivity index (χ1n) is 8.16. The quantitative estimate of drug-likeness (QED) is 0.816. The molecule has 6 heteroatoms. The van der Waals surface area contributed by atoms with E-state index in [4.69, 9.17) is 0 Å². The number of amides is 2. The first-order valence-corrected chi connectivity index (χ1v) is 8.16. The summed E-state index contributed by atoms with van der Waals surface area (Å²) in [6.07, 6.45) is 5.57. The number of likely N-dealkylation sites (N-methyl/N-ethyl adjacent to an activating group) is 1. The molecule has 2 atom stereocenters.